The highest BCUT2D eigenvalue weighted by molar-refractivity contribution is 5.80. The number of piperidine rings is 1. The number of guanidine groups is 1. The Morgan fingerprint density at radius 2 is 2.04 bits per heavy atom. The fraction of sp³-hybridized carbons (Fsp3) is 0.526. The first-order valence-corrected chi connectivity index (χ1v) is 9.33. The molecule has 2 aromatic rings. The highest BCUT2D eigenvalue weighted by Gasteiger charge is 2.20. The maximum atomic E-state index is 5.12. The van der Waals surface area contributed by atoms with E-state index in [1.54, 1.807) is 0 Å². The summed E-state index contributed by atoms with van der Waals surface area (Å²) in [5.74, 6) is 1.99. The van der Waals surface area contributed by atoms with Gasteiger partial charge in [0, 0.05) is 32.2 Å². The minimum atomic E-state index is 0.392. The molecule has 26 heavy (non-hydrogen) atoms. The lowest BCUT2D eigenvalue weighted by Crippen LogP contribution is -2.48. The predicted molar refractivity (Wildman–Crippen MR) is 102 cm³/mol. The molecule has 2 N–H and O–H groups in total. The summed E-state index contributed by atoms with van der Waals surface area (Å²) in [4.78, 5) is 11.3. The van der Waals surface area contributed by atoms with E-state index >= 15 is 0 Å². The average Bonchev–Trinajstić information content (AvgIpc) is 3.08. The Kier molecular flexibility index (Phi) is 6.60. The normalized spacial score (nSPS) is 16.6. The first-order chi connectivity index (χ1) is 12.7. The molecule has 140 valence electrons. The number of aryl methyl sites for hydroxylation is 1. The van der Waals surface area contributed by atoms with Gasteiger partial charge in [0.2, 0.25) is 5.89 Å². The molecule has 0 aliphatic carbocycles. The molecule has 1 fully saturated rings. The van der Waals surface area contributed by atoms with Gasteiger partial charge in [-0.3, -0.25) is 4.90 Å². The number of nitrogens with zero attached hydrogens (tertiary/aromatic N) is 4. The van der Waals surface area contributed by atoms with Crippen LogP contribution in [0.3, 0.4) is 0 Å². The van der Waals surface area contributed by atoms with Crippen molar-refractivity contribution in [2.24, 2.45) is 4.99 Å². The summed E-state index contributed by atoms with van der Waals surface area (Å²) in [5.41, 5.74) is 1.38. The fourth-order valence-electron chi connectivity index (χ4n) is 3.14. The Morgan fingerprint density at radius 3 is 2.69 bits per heavy atom. The quantitative estimate of drug-likeness (QED) is 0.610. The minimum absolute atomic E-state index is 0.392. The Hall–Kier alpha value is -2.41. The zero-order chi connectivity index (χ0) is 18.2. The van der Waals surface area contributed by atoms with Crippen LogP contribution in [0.25, 0.3) is 0 Å². The van der Waals surface area contributed by atoms with Gasteiger partial charge in [0.05, 0.1) is 0 Å². The molecular weight excluding hydrogens is 328 g/mol. The van der Waals surface area contributed by atoms with Gasteiger partial charge in [-0.15, -0.1) is 0 Å². The SMILES string of the molecule is CCNC(=NCc1nc(C)no1)NC1CCN(Cc2ccccc2)CC1. The van der Waals surface area contributed by atoms with E-state index in [9.17, 15) is 0 Å². The van der Waals surface area contributed by atoms with Crippen molar-refractivity contribution in [2.45, 2.75) is 45.8 Å². The summed E-state index contributed by atoms with van der Waals surface area (Å²) in [6, 6.07) is 11.1. The van der Waals surface area contributed by atoms with Crippen LogP contribution >= 0.6 is 0 Å². The van der Waals surface area contributed by atoms with Crippen LogP contribution in [0.4, 0.5) is 0 Å². The van der Waals surface area contributed by atoms with Gasteiger partial charge in [-0.05, 0) is 32.3 Å². The van der Waals surface area contributed by atoms with Crippen LogP contribution in [0.2, 0.25) is 0 Å². The lowest BCUT2D eigenvalue weighted by Gasteiger charge is -2.33. The third-order valence-electron chi connectivity index (χ3n) is 4.46. The molecule has 7 nitrogen and oxygen atoms in total. The van der Waals surface area contributed by atoms with Crippen molar-refractivity contribution >= 4 is 5.96 Å². The van der Waals surface area contributed by atoms with Crippen LogP contribution in [0.5, 0.6) is 0 Å². The molecule has 1 aliphatic heterocycles. The number of aliphatic imine (C=N–C) groups is 1. The standard InChI is InChI=1S/C19H28N6O/c1-3-20-19(21-13-18-22-15(2)24-26-18)23-17-9-11-25(12-10-17)14-16-7-5-4-6-8-16/h4-8,17H,3,9-14H2,1-2H3,(H2,20,21,23). The second kappa shape index (κ2) is 9.33. The van der Waals surface area contributed by atoms with E-state index in [0.29, 0.717) is 24.3 Å². The molecule has 2 heterocycles. The van der Waals surface area contributed by atoms with Gasteiger partial charge >= 0.3 is 0 Å². The monoisotopic (exact) mass is 356 g/mol. The summed E-state index contributed by atoms with van der Waals surface area (Å²) < 4.78 is 5.12. The summed E-state index contributed by atoms with van der Waals surface area (Å²) >= 11 is 0. The smallest absolute Gasteiger partial charge is 0.248 e. The lowest BCUT2D eigenvalue weighted by atomic mass is 10.0. The third kappa shape index (κ3) is 5.56. The van der Waals surface area contributed by atoms with E-state index < -0.39 is 0 Å². The minimum Gasteiger partial charge on any atom is -0.357 e. The number of hydrogen-bond acceptors (Lipinski definition) is 5. The Morgan fingerprint density at radius 1 is 1.27 bits per heavy atom. The lowest BCUT2D eigenvalue weighted by molar-refractivity contribution is 0.198. The maximum absolute atomic E-state index is 5.12. The van der Waals surface area contributed by atoms with Gasteiger partial charge in [0.25, 0.3) is 0 Å². The molecule has 0 unspecified atom stereocenters. The molecule has 7 heteroatoms. The second-order valence-corrected chi connectivity index (χ2v) is 6.61. The van der Waals surface area contributed by atoms with Gasteiger partial charge in [-0.25, -0.2) is 4.99 Å². The number of rotatable bonds is 6. The third-order valence-corrected chi connectivity index (χ3v) is 4.46. The molecule has 1 aliphatic rings. The topological polar surface area (TPSA) is 78.6 Å². The molecule has 0 spiro atoms. The summed E-state index contributed by atoms with van der Waals surface area (Å²) in [5, 5.41) is 10.6. The molecule has 0 saturated carbocycles. The van der Waals surface area contributed by atoms with E-state index in [-0.39, 0.29) is 0 Å². The second-order valence-electron chi connectivity index (χ2n) is 6.61. The van der Waals surface area contributed by atoms with Gasteiger partial charge in [0.15, 0.2) is 11.8 Å². The highest BCUT2D eigenvalue weighted by atomic mass is 16.5. The highest BCUT2D eigenvalue weighted by Crippen LogP contribution is 2.13. The van der Waals surface area contributed by atoms with Crippen LogP contribution in [0, 0.1) is 6.92 Å². The molecule has 0 bridgehead atoms. The van der Waals surface area contributed by atoms with Crippen LogP contribution in [0.1, 0.15) is 37.0 Å². The van der Waals surface area contributed by atoms with Crippen LogP contribution in [-0.2, 0) is 13.1 Å². The summed E-state index contributed by atoms with van der Waals surface area (Å²) in [6.07, 6.45) is 2.22. The van der Waals surface area contributed by atoms with Crippen LogP contribution in [0.15, 0.2) is 39.8 Å². The molecule has 1 aromatic carbocycles. The Bertz CT molecular complexity index is 691. The van der Waals surface area contributed by atoms with Crippen molar-refractivity contribution in [1.29, 1.82) is 0 Å². The summed E-state index contributed by atoms with van der Waals surface area (Å²) in [7, 11) is 0. The van der Waals surface area contributed by atoms with Crippen molar-refractivity contribution < 1.29 is 4.52 Å². The molecule has 1 aromatic heterocycles. The zero-order valence-electron chi connectivity index (χ0n) is 15.6. The average molecular weight is 356 g/mol. The van der Waals surface area contributed by atoms with Crippen LogP contribution in [-0.4, -0.2) is 46.7 Å². The van der Waals surface area contributed by atoms with Gasteiger partial charge in [-0.1, -0.05) is 35.5 Å². The Balaban J connectivity index is 1.47. The molecule has 1 saturated heterocycles. The van der Waals surface area contributed by atoms with E-state index in [1.807, 2.05) is 6.92 Å². The van der Waals surface area contributed by atoms with Crippen LogP contribution < -0.4 is 10.6 Å². The van der Waals surface area contributed by atoms with Gasteiger partial charge < -0.3 is 15.2 Å². The first kappa shape index (κ1) is 18.4. The van der Waals surface area contributed by atoms with E-state index in [4.69, 9.17) is 4.52 Å². The first-order valence-electron chi connectivity index (χ1n) is 9.33. The maximum Gasteiger partial charge on any atom is 0.248 e. The molecule has 3 rings (SSSR count). The number of hydrogen-bond donors (Lipinski definition) is 2. The number of benzene rings is 1. The van der Waals surface area contributed by atoms with Crippen molar-refractivity contribution in [2.75, 3.05) is 19.6 Å². The van der Waals surface area contributed by atoms with Gasteiger partial charge in [0.1, 0.15) is 6.54 Å². The number of nitrogens with one attached hydrogen (secondary N) is 2. The fourth-order valence-corrected chi connectivity index (χ4v) is 3.14. The van der Waals surface area contributed by atoms with E-state index in [1.165, 1.54) is 5.56 Å². The number of likely N-dealkylation sites (tertiary alicyclic amines) is 1. The van der Waals surface area contributed by atoms with Crippen molar-refractivity contribution in [3.8, 4) is 0 Å². The largest absolute Gasteiger partial charge is 0.357 e. The summed E-state index contributed by atoms with van der Waals surface area (Å²) in [6.45, 7) is 8.30. The molecule has 0 amide bonds. The van der Waals surface area contributed by atoms with Crippen molar-refractivity contribution in [3.05, 3.63) is 47.6 Å². The number of aromatic nitrogens is 2. The predicted octanol–water partition coefficient (Wildman–Crippen LogP) is 2.10. The molecular formula is C19H28N6O. The van der Waals surface area contributed by atoms with E-state index in [0.717, 1.165) is 45.0 Å². The molecule has 0 radical (unpaired) electrons. The van der Waals surface area contributed by atoms with Crippen molar-refractivity contribution in [1.82, 2.24) is 25.7 Å². The Labute approximate surface area is 154 Å². The molecule has 0 atom stereocenters. The zero-order valence-corrected chi connectivity index (χ0v) is 15.6. The van der Waals surface area contributed by atoms with Crippen molar-refractivity contribution in [3.63, 3.8) is 0 Å². The van der Waals surface area contributed by atoms with Gasteiger partial charge in [-0.2, -0.15) is 4.98 Å². The van der Waals surface area contributed by atoms with E-state index in [2.05, 4.69) is 67.9 Å².